The van der Waals surface area contributed by atoms with Crippen LogP contribution in [0.5, 0.6) is 0 Å². The van der Waals surface area contributed by atoms with Gasteiger partial charge in [-0.3, -0.25) is 0 Å². The molecule has 0 aromatic rings. The van der Waals surface area contributed by atoms with Crippen molar-refractivity contribution in [2.45, 2.75) is 39.5 Å². The molecule has 0 rings (SSSR count). The minimum atomic E-state index is -1.53. The lowest BCUT2D eigenvalue weighted by molar-refractivity contribution is 0.321. The quantitative estimate of drug-likeness (QED) is 0.449. The van der Waals surface area contributed by atoms with Crippen molar-refractivity contribution in [1.82, 2.24) is 0 Å². The molecule has 0 aromatic heterocycles. The van der Waals surface area contributed by atoms with E-state index in [2.05, 4.69) is 6.92 Å². The summed E-state index contributed by atoms with van der Waals surface area (Å²) in [5.74, 6) is 1.59. The summed E-state index contributed by atoms with van der Waals surface area (Å²) in [6, 6.07) is 0. The Morgan fingerprint density at radius 2 is 2.08 bits per heavy atom. The number of allylic oxidation sites excluding steroid dienone is 1. The molecule has 0 bridgehead atoms. The van der Waals surface area contributed by atoms with Gasteiger partial charge in [0.1, 0.15) is 6.61 Å². The van der Waals surface area contributed by atoms with E-state index in [0.29, 0.717) is 6.61 Å². The van der Waals surface area contributed by atoms with Gasteiger partial charge in [0.05, 0.1) is 0 Å². The first kappa shape index (κ1) is 11.8. The molecule has 0 N–H and O–H groups in total. The average molecular weight is 189 g/mol. The van der Waals surface area contributed by atoms with Crippen LogP contribution in [0, 0.1) is 0 Å². The van der Waals surface area contributed by atoms with E-state index in [0.717, 1.165) is 6.42 Å². The van der Waals surface area contributed by atoms with Crippen molar-refractivity contribution in [2.24, 2.45) is 0 Å². The number of hydrogen-bond donors (Lipinski definition) is 0. The molecule has 0 aliphatic rings. The number of hydrogen-bond acceptors (Lipinski definition) is 2. The van der Waals surface area contributed by atoms with E-state index in [9.17, 15) is 4.57 Å². The number of rotatable bonds is 7. The standard InChI is InChI=1S/C9H18O2P/c1-3-5-6-7-8-11-12(10)9-4-2/h4,9H,3,5-8H2,1-2H3/q+1. The van der Waals surface area contributed by atoms with Gasteiger partial charge in [0.25, 0.3) is 0 Å². The zero-order chi connectivity index (χ0) is 9.23. The first-order valence-corrected chi connectivity index (χ1v) is 5.78. The molecule has 0 aliphatic heterocycles. The molecule has 0 radical (unpaired) electrons. The van der Waals surface area contributed by atoms with Gasteiger partial charge in [-0.2, -0.15) is 0 Å². The van der Waals surface area contributed by atoms with Crippen molar-refractivity contribution in [3.63, 3.8) is 0 Å². The van der Waals surface area contributed by atoms with Crippen LogP contribution in [0.3, 0.4) is 0 Å². The summed E-state index contributed by atoms with van der Waals surface area (Å²) in [6.07, 6.45) is 6.41. The fourth-order valence-corrected chi connectivity index (χ4v) is 1.49. The average Bonchev–Trinajstić information content (AvgIpc) is 2.05. The molecule has 2 nitrogen and oxygen atoms in total. The Morgan fingerprint density at radius 1 is 1.33 bits per heavy atom. The molecule has 0 aromatic carbocycles. The van der Waals surface area contributed by atoms with Crippen LogP contribution in [-0.4, -0.2) is 6.61 Å². The predicted octanol–water partition coefficient (Wildman–Crippen LogP) is 3.86. The molecule has 0 spiro atoms. The van der Waals surface area contributed by atoms with E-state index in [4.69, 9.17) is 4.52 Å². The molecule has 1 unspecified atom stereocenters. The van der Waals surface area contributed by atoms with Crippen molar-refractivity contribution in [2.75, 3.05) is 6.61 Å². The van der Waals surface area contributed by atoms with Crippen LogP contribution >= 0.6 is 8.03 Å². The first-order chi connectivity index (χ1) is 5.81. The SMILES string of the molecule is CC=C[P+](=O)OCCCCCC. The highest BCUT2D eigenvalue weighted by molar-refractivity contribution is 7.42. The lowest BCUT2D eigenvalue weighted by atomic mass is 10.2. The molecular weight excluding hydrogens is 171 g/mol. The molecule has 0 amide bonds. The minimum Gasteiger partial charge on any atom is -0.142 e. The molecular formula is C9H18O2P+. The normalized spacial score (nSPS) is 12.3. The highest BCUT2D eigenvalue weighted by Gasteiger charge is 2.09. The maximum atomic E-state index is 10.9. The van der Waals surface area contributed by atoms with Crippen molar-refractivity contribution < 1.29 is 9.09 Å². The Balaban J connectivity index is 3.14. The first-order valence-electron chi connectivity index (χ1n) is 4.53. The Hall–Kier alpha value is -0.200. The largest absolute Gasteiger partial charge is 0.540 e. The summed E-state index contributed by atoms with van der Waals surface area (Å²) in [5, 5.41) is 0. The second kappa shape index (κ2) is 8.89. The van der Waals surface area contributed by atoms with Gasteiger partial charge in [-0.05, 0) is 24.0 Å². The Kier molecular flexibility index (Phi) is 8.74. The molecule has 0 saturated heterocycles. The summed E-state index contributed by atoms with van der Waals surface area (Å²) >= 11 is 0. The predicted molar refractivity (Wildman–Crippen MR) is 52.5 cm³/mol. The Morgan fingerprint density at radius 3 is 2.67 bits per heavy atom. The third-order valence-corrected chi connectivity index (χ3v) is 2.47. The van der Waals surface area contributed by atoms with Gasteiger partial charge < -0.3 is 0 Å². The maximum Gasteiger partial charge on any atom is 0.540 e. The number of unbranched alkanes of at least 4 members (excludes halogenated alkanes) is 3. The third kappa shape index (κ3) is 7.90. The molecule has 0 heterocycles. The second-order valence-corrected chi connectivity index (χ2v) is 3.79. The fraction of sp³-hybridized carbons (Fsp3) is 0.778. The van der Waals surface area contributed by atoms with Gasteiger partial charge >= 0.3 is 8.03 Å². The lowest BCUT2D eigenvalue weighted by Crippen LogP contribution is -1.85. The highest BCUT2D eigenvalue weighted by Crippen LogP contribution is 2.23. The smallest absolute Gasteiger partial charge is 0.142 e. The Bertz CT molecular complexity index is 143. The molecule has 0 fully saturated rings. The molecule has 3 heteroatoms. The zero-order valence-electron chi connectivity index (χ0n) is 7.95. The topological polar surface area (TPSA) is 26.3 Å². The van der Waals surface area contributed by atoms with E-state index in [1.165, 1.54) is 19.3 Å². The Labute approximate surface area is 75.9 Å². The molecule has 0 saturated carbocycles. The van der Waals surface area contributed by atoms with Crippen LogP contribution in [0.25, 0.3) is 0 Å². The minimum absolute atomic E-state index is 0.625. The van der Waals surface area contributed by atoms with Crippen molar-refractivity contribution >= 4 is 8.03 Å². The van der Waals surface area contributed by atoms with Crippen LogP contribution in [-0.2, 0) is 9.09 Å². The maximum absolute atomic E-state index is 10.9. The van der Waals surface area contributed by atoms with Crippen LogP contribution in [0.15, 0.2) is 11.9 Å². The van der Waals surface area contributed by atoms with E-state index in [1.807, 2.05) is 6.92 Å². The van der Waals surface area contributed by atoms with Crippen LogP contribution < -0.4 is 0 Å². The van der Waals surface area contributed by atoms with E-state index < -0.39 is 8.03 Å². The van der Waals surface area contributed by atoms with Crippen molar-refractivity contribution in [1.29, 1.82) is 0 Å². The van der Waals surface area contributed by atoms with Gasteiger partial charge in [-0.25, -0.2) is 0 Å². The van der Waals surface area contributed by atoms with Crippen molar-refractivity contribution in [3.8, 4) is 0 Å². The fourth-order valence-electron chi connectivity index (χ4n) is 0.848. The van der Waals surface area contributed by atoms with E-state index in [1.54, 1.807) is 11.9 Å². The van der Waals surface area contributed by atoms with Gasteiger partial charge in [0, 0.05) is 0 Å². The van der Waals surface area contributed by atoms with Gasteiger partial charge in [-0.15, -0.1) is 4.52 Å². The highest BCUT2D eigenvalue weighted by atomic mass is 31.1. The second-order valence-electron chi connectivity index (χ2n) is 2.66. The molecule has 0 aliphatic carbocycles. The van der Waals surface area contributed by atoms with Crippen LogP contribution in [0.2, 0.25) is 0 Å². The summed E-state index contributed by atoms with van der Waals surface area (Å²) in [6.45, 7) is 4.63. The van der Waals surface area contributed by atoms with Crippen LogP contribution in [0.1, 0.15) is 39.5 Å². The molecule has 70 valence electrons. The summed E-state index contributed by atoms with van der Waals surface area (Å²) in [7, 11) is -1.53. The monoisotopic (exact) mass is 189 g/mol. The third-order valence-electron chi connectivity index (χ3n) is 1.49. The van der Waals surface area contributed by atoms with E-state index >= 15 is 0 Å². The van der Waals surface area contributed by atoms with Gasteiger partial charge in [0.15, 0.2) is 5.82 Å². The lowest BCUT2D eigenvalue weighted by Gasteiger charge is -1.92. The summed E-state index contributed by atoms with van der Waals surface area (Å²) in [4.78, 5) is 0. The van der Waals surface area contributed by atoms with E-state index in [-0.39, 0.29) is 0 Å². The van der Waals surface area contributed by atoms with Gasteiger partial charge in [-0.1, -0.05) is 26.2 Å². The van der Waals surface area contributed by atoms with Crippen molar-refractivity contribution in [3.05, 3.63) is 11.9 Å². The molecule has 1 atom stereocenters. The summed E-state index contributed by atoms with van der Waals surface area (Å²) < 4.78 is 16.0. The van der Waals surface area contributed by atoms with Crippen LogP contribution in [0.4, 0.5) is 0 Å². The zero-order valence-corrected chi connectivity index (χ0v) is 8.85. The molecule has 12 heavy (non-hydrogen) atoms. The van der Waals surface area contributed by atoms with Gasteiger partial charge in [0.2, 0.25) is 0 Å². The summed E-state index contributed by atoms with van der Waals surface area (Å²) in [5.41, 5.74) is 0.